The molecule has 0 bridgehead atoms. The maximum Gasteiger partial charge on any atom is 0.411 e. The standard InChI is InChI=1S/C21H25F3N2O3/c1-20(2,3)29-19-12-16(28-13-15-7-5-4-6-8-15)11-18(25-19)26-9-10-27-14-17(26)21(22,23)24/h4-8,11-12,17H,9-10,13-14H2,1-3H3. The Morgan fingerprint density at radius 3 is 2.52 bits per heavy atom. The lowest BCUT2D eigenvalue weighted by atomic mass is 10.2. The number of pyridine rings is 1. The molecule has 1 aromatic heterocycles. The number of halogens is 3. The number of nitrogens with zero attached hydrogens (tertiary/aromatic N) is 2. The van der Waals surface area contributed by atoms with Gasteiger partial charge in [0.1, 0.15) is 29.8 Å². The zero-order valence-corrected chi connectivity index (χ0v) is 16.7. The zero-order chi connectivity index (χ0) is 21.1. The molecule has 0 spiro atoms. The van der Waals surface area contributed by atoms with Crippen molar-refractivity contribution in [2.45, 2.75) is 45.2 Å². The molecule has 1 unspecified atom stereocenters. The second kappa shape index (κ2) is 8.49. The highest BCUT2D eigenvalue weighted by molar-refractivity contribution is 5.49. The molecule has 1 saturated heterocycles. The van der Waals surface area contributed by atoms with Gasteiger partial charge in [0.15, 0.2) is 0 Å². The van der Waals surface area contributed by atoms with Crippen molar-refractivity contribution in [2.24, 2.45) is 0 Å². The van der Waals surface area contributed by atoms with Gasteiger partial charge >= 0.3 is 6.18 Å². The third-order valence-electron chi connectivity index (χ3n) is 4.22. The number of hydrogen-bond donors (Lipinski definition) is 0. The fourth-order valence-corrected chi connectivity index (χ4v) is 2.95. The van der Waals surface area contributed by atoms with Crippen molar-refractivity contribution in [3.8, 4) is 11.6 Å². The molecule has 5 nitrogen and oxygen atoms in total. The number of hydrogen-bond acceptors (Lipinski definition) is 5. The van der Waals surface area contributed by atoms with E-state index < -0.39 is 24.4 Å². The van der Waals surface area contributed by atoms with Crippen LogP contribution in [0.3, 0.4) is 0 Å². The van der Waals surface area contributed by atoms with Crippen LogP contribution in [0.1, 0.15) is 26.3 Å². The Balaban J connectivity index is 1.91. The Morgan fingerprint density at radius 1 is 1.14 bits per heavy atom. The summed E-state index contributed by atoms with van der Waals surface area (Å²) in [5.41, 5.74) is 0.389. The minimum Gasteiger partial charge on any atom is -0.489 e. The summed E-state index contributed by atoms with van der Waals surface area (Å²) in [5, 5.41) is 0. The molecule has 0 saturated carbocycles. The van der Waals surface area contributed by atoms with Gasteiger partial charge < -0.3 is 19.1 Å². The first-order valence-electron chi connectivity index (χ1n) is 9.41. The normalized spacial score (nSPS) is 17.9. The summed E-state index contributed by atoms with van der Waals surface area (Å²) in [6.07, 6.45) is -4.44. The van der Waals surface area contributed by atoms with Gasteiger partial charge in [-0.2, -0.15) is 18.2 Å². The molecule has 1 aliphatic heterocycles. The van der Waals surface area contributed by atoms with Gasteiger partial charge in [-0.1, -0.05) is 30.3 Å². The van der Waals surface area contributed by atoms with E-state index in [4.69, 9.17) is 14.2 Å². The van der Waals surface area contributed by atoms with Crippen molar-refractivity contribution >= 4 is 5.82 Å². The van der Waals surface area contributed by atoms with E-state index in [1.807, 2.05) is 51.1 Å². The summed E-state index contributed by atoms with van der Waals surface area (Å²) in [7, 11) is 0. The highest BCUT2D eigenvalue weighted by atomic mass is 19.4. The predicted molar refractivity (Wildman–Crippen MR) is 103 cm³/mol. The lowest BCUT2D eigenvalue weighted by Crippen LogP contribution is -2.54. The molecule has 0 amide bonds. The molecule has 0 radical (unpaired) electrons. The molecular weight excluding hydrogens is 385 g/mol. The van der Waals surface area contributed by atoms with E-state index in [0.29, 0.717) is 5.75 Å². The van der Waals surface area contributed by atoms with Crippen LogP contribution >= 0.6 is 0 Å². The van der Waals surface area contributed by atoms with Gasteiger partial charge in [0.25, 0.3) is 0 Å². The van der Waals surface area contributed by atoms with Crippen molar-refractivity contribution in [3.63, 3.8) is 0 Å². The van der Waals surface area contributed by atoms with Gasteiger partial charge in [-0.15, -0.1) is 0 Å². The second-order valence-corrected chi connectivity index (χ2v) is 7.81. The van der Waals surface area contributed by atoms with E-state index >= 15 is 0 Å². The van der Waals surface area contributed by atoms with Crippen molar-refractivity contribution in [2.75, 3.05) is 24.7 Å². The summed E-state index contributed by atoms with van der Waals surface area (Å²) in [6.45, 7) is 5.66. The summed E-state index contributed by atoms with van der Waals surface area (Å²) < 4.78 is 57.2. The third-order valence-corrected chi connectivity index (χ3v) is 4.22. The average Bonchev–Trinajstić information content (AvgIpc) is 2.65. The molecule has 0 N–H and O–H groups in total. The van der Waals surface area contributed by atoms with Crippen LogP contribution in [-0.2, 0) is 11.3 Å². The van der Waals surface area contributed by atoms with E-state index in [1.54, 1.807) is 6.07 Å². The molecule has 29 heavy (non-hydrogen) atoms. The first-order valence-corrected chi connectivity index (χ1v) is 9.41. The Morgan fingerprint density at radius 2 is 1.86 bits per heavy atom. The first-order chi connectivity index (χ1) is 13.6. The molecule has 2 aromatic rings. The number of anilines is 1. The van der Waals surface area contributed by atoms with E-state index in [1.165, 1.54) is 11.0 Å². The Hall–Kier alpha value is -2.48. The highest BCUT2D eigenvalue weighted by Crippen LogP contribution is 2.34. The van der Waals surface area contributed by atoms with Gasteiger partial charge in [-0.3, -0.25) is 0 Å². The number of morpholine rings is 1. The first kappa shape index (κ1) is 21.2. The van der Waals surface area contributed by atoms with Gasteiger partial charge in [0, 0.05) is 18.7 Å². The molecular formula is C21H25F3N2O3. The maximum absolute atomic E-state index is 13.5. The second-order valence-electron chi connectivity index (χ2n) is 7.81. The third kappa shape index (κ3) is 6.00. The van der Waals surface area contributed by atoms with Crippen LogP contribution in [0, 0.1) is 0 Å². The molecule has 8 heteroatoms. The number of aromatic nitrogens is 1. The smallest absolute Gasteiger partial charge is 0.411 e. The summed E-state index contributed by atoms with van der Waals surface area (Å²) in [6, 6.07) is 10.9. The molecule has 1 atom stereocenters. The topological polar surface area (TPSA) is 43.8 Å². The Kier molecular flexibility index (Phi) is 6.21. The number of ether oxygens (including phenoxy) is 3. The van der Waals surface area contributed by atoms with Crippen molar-refractivity contribution < 1.29 is 27.4 Å². The molecule has 1 fully saturated rings. The van der Waals surface area contributed by atoms with Gasteiger partial charge in [-0.25, -0.2) is 0 Å². The predicted octanol–water partition coefficient (Wildman–Crippen LogP) is 4.61. The highest BCUT2D eigenvalue weighted by Gasteiger charge is 2.46. The lowest BCUT2D eigenvalue weighted by Gasteiger charge is -2.37. The van der Waals surface area contributed by atoms with Crippen LogP contribution in [0.25, 0.3) is 0 Å². The minimum absolute atomic E-state index is 0.0777. The van der Waals surface area contributed by atoms with Gasteiger partial charge in [0.05, 0.1) is 13.2 Å². The van der Waals surface area contributed by atoms with Gasteiger partial charge in [-0.05, 0) is 26.3 Å². The van der Waals surface area contributed by atoms with E-state index in [0.717, 1.165) is 5.56 Å². The molecule has 3 rings (SSSR count). The molecule has 0 aliphatic carbocycles. The average molecular weight is 410 g/mol. The van der Waals surface area contributed by atoms with Gasteiger partial charge in [0.2, 0.25) is 5.88 Å². The van der Waals surface area contributed by atoms with E-state index in [2.05, 4.69) is 4.98 Å². The summed E-state index contributed by atoms with van der Waals surface area (Å²) >= 11 is 0. The number of rotatable bonds is 5. The van der Waals surface area contributed by atoms with Crippen LogP contribution in [0.5, 0.6) is 11.6 Å². The lowest BCUT2D eigenvalue weighted by molar-refractivity contribution is -0.167. The number of benzene rings is 1. The molecule has 1 aromatic carbocycles. The quantitative estimate of drug-likeness (QED) is 0.721. The van der Waals surface area contributed by atoms with Crippen molar-refractivity contribution in [1.29, 1.82) is 0 Å². The molecule has 1 aliphatic rings. The summed E-state index contributed by atoms with van der Waals surface area (Å²) in [5.74, 6) is 0.761. The van der Waals surface area contributed by atoms with Crippen LogP contribution < -0.4 is 14.4 Å². The Bertz CT molecular complexity index is 807. The minimum atomic E-state index is -4.44. The fraction of sp³-hybridized carbons (Fsp3) is 0.476. The molecule has 2 heterocycles. The zero-order valence-electron chi connectivity index (χ0n) is 16.7. The maximum atomic E-state index is 13.5. The Labute approximate surface area is 168 Å². The van der Waals surface area contributed by atoms with Crippen molar-refractivity contribution in [1.82, 2.24) is 4.98 Å². The van der Waals surface area contributed by atoms with Crippen LogP contribution in [0.2, 0.25) is 0 Å². The van der Waals surface area contributed by atoms with Crippen LogP contribution in [-0.4, -0.2) is 42.6 Å². The molecule has 158 valence electrons. The largest absolute Gasteiger partial charge is 0.489 e. The monoisotopic (exact) mass is 410 g/mol. The number of alkyl halides is 3. The van der Waals surface area contributed by atoms with E-state index in [9.17, 15) is 13.2 Å². The van der Waals surface area contributed by atoms with Crippen molar-refractivity contribution in [3.05, 3.63) is 48.0 Å². The van der Waals surface area contributed by atoms with Crippen LogP contribution in [0.4, 0.5) is 19.0 Å². The SMILES string of the molecule is CC(C)(C)Oc1cc(OCc2ccccc2)cc(N2CCOCC2C(F)(F)F)n1. The summed E-state index contributed by atoms with van der Waals surface area (Å²) in [4.78, 5) is 5.53. The van der Waals surface area contributed by atoms with Crippen LogP contribution in [0.15, 0.2) is 42.5 Å². The van der Waals surface area contributed by atoms with E-state index in [-0.39, 0.29) is 31.5 Å². The fourth-order valence-electron chi connectivity index (χ4n) is 2.95.